The fourth-order valence-corrected chi connectivity index (χ4v) is 4.41. The van der Waals surface area contributed by atoms with Crippen molar-refractivity contribution in [3.05, 3.63) is 53.8 Å². The van der Waals surface area contributed by atoms with Crippen molar-refractivity contribution >= 4 is 34.5 Å². The number of benzene rings is 1. The van der Waals surface area contributed by atoms with E-state index in [-0.39, 0.29) is 17.5 Å². The SMILES string of the molecule is CCCC(NC(=O)c1csc(-c2ncccn2)n1)C(=O)Nc1cccc(N2CCCC2)c1. The molecule has 0 aliphatic carbocycles. The fraction of sp³-hybridized carbons (Fsp3) is 0.348. The summed E-state index contributed by atoms with van der Waals surface area (Å²) in [5.74, 6) is -0.152. The lowest BCUT2D eigenvalue weighted by Crippen LogP contribution is -2.43. The molecule has 0 saturated carbocycles. The van der Waals surface area contributed by atoms with Crippen LogP contribution in [-0.4, -0.2) is 45.9 Å². The molecule has 1 atom stereocenters. The predicted molar refractivity (Wildman–Crippen MR) is 126 cm³/mol. The van der Waals surface area contributed by atoms with E-state index in [2.05, 4.69) is 36.6 Å². The third-order valence-corrected chi connectivity index (χ3v) is 6.12. The molecule has 2 aromatic heterocycles. The zero-order valence-corrected chi connectivity index (χ0v) is 18.8. The van der Waals surface area contributed by atoms with Gasteiger partial charge in [0.15, 0.2) is 10.8 Å². The molecular weight excluding hydrogens is 424 g/mol. The Morgan fingerprint density at radius 1 is 1.16 bits per heavy atom. The Morgan fingerprint density at radius 2 is 1.94 bits per heavy atom. The Bertz CT molecular complexity index is 1070. The number of nitrogens with zero attached hydrogens (tertiary/aromatic N) is 4. The highest BCUT2D eigenvalue weighted by Crippen LogP contribution is 2.24. The van der Waals surface area contributed by atoms with Crippen LogP contribution in [0.5, 0.6) is 0 Å². The van der Waals surface area contributed by atoms with E-state index in [0.717, 1.165) is 30.9 Å². The summed E-state index contributed by atoms with van der Waals surface area (Å²) in [6.07, 6.45) is 6.92. The highest BCUT2D eigenvalue weighted by Gasteiger charge is 2.23. The first-order valence-electron chi connectivity index (χ1n) is 10.8. The topological polar surface area (TPSA) is 100 Å². The van der Waals surface area contributed by atoms with Gasteiger partial charge in [0, 0.05) is 42.2 Å². The molecule has 9 heteroatoms. The molecule has 1 aliphatic rings. The van der Waals surface area contributed by atoms with Crippen LogP contribution in [0.4, 0.5) is 11.4 Å². The summed E-state index contributed by atoms with van der Waals surface area (Å²) in [5.41, 5.74) is 2.09. The number of carbonyl (C=O) groups excluding carboxylic acids is 2. The number of anilines is 2. The lowest BCUT2D eigenvalue weighted by Gasteiger charge is -2.20. The number of hydrogen-bond donors (Lipinski definition) is 2. The summed E-state index contributed by atoms with van der Waals surface area (Å²) < 4.78 is 0. The molecule has 3 heterocycles. The van der Waals surface area contributed by atoms with Crippen LogP contribution in [-0.2, 0) is 4.79 Å². The molecule has 1 unspecified atom stereocenters. The van der Waals surface area contributed by atoms with E-state index in [1.807, 2.05) is 25.1 Å². The van der Waals surface area contributed by atoms with E-state index in [1.165, 1.54) is 24.2 Å². The number of aromatic nitrogens is 3. The van der Waals surface area contributed by atoms with Crippen LogP contribution < -0.4 is 15.5 Å². The van der Waals surface area contributed by atoms with Gasteiger partial charge >= 0.3 is 0 Å². The Morgan fingerprint density at radius 3 is 2.69 bits per heavy atom. The first kappa shape index (κ1) is 21.9. The summed E-state index contributed by atoms with van der Waals surface area (Å²) in [6, 6.07) is 8.93. The van der Waals surface area contributed by atoms with Crippen LogP contribution in [0.25, 0.3) is 10.8 Å². The summed E-state index contributed by atoms with van der Waals surface area (Å²) in [6.45, 7) is 4.05. The quantitative estimate of drug-likeness (QED) is 0.542. The standard InChI is InChI=1S/C23H26N6O2S/c1-2-7-18(21(30)26-16-8-5-9-17(14-16)29-12-3-4-13-29)27-22(31)19-15-32-23(28-19)20-24-10-6-11-25-20/h5-6,8-11,14-15,18H,2-4,7,12-13H2,1H3,(H,26,30)(H,27,31). The maximum atomic E-state index is 13.0. The van der Waals surface area contributed by atoms with Crippen LogP contribution in [0.2, 0.25) is 0 Å². The average Bonchev–Trinajstić information content (AvgIpc) is 3.52. The number of nitrogens with one attached hydrogen (secondary N) is 2. The van der Waals surface area contributed by atoms with E-state index in [9.17, 15) is 9.59 Å². The van der Waals surface area contributed by atoms with Crippen molar-refractivity contribution in [2.75, 3.05) is 23.3 Å². The van der Waals surface area contributed by atoms with Crippen molar-refractivity contribution in [1.82, 2.24) is 20.3 Å². The Balaban J connectivity index is 1.42. The van der Waals surface area contributed by atoms with Gasteiger partial charge in [0.1, 0.15) is 11.7 Å². The Labute approximate surface area is 191 Å². The minimum Gasteiger partial charge on any atom is -0.371 e. The van der Waals surface area contributed by atoms with Gasteiger partial charge in [-0.1, -0.05) is 19.4 Å². The van der Waals surface area contributed by atoms with Crippen LogP contribution in [0, 0.1) is 0 Å². The molecule has 1 saturated heterocycles. The van der Waals surface area contributed by atoms with Gasteiger partial charge in [-0.2, -0.15) is 0 Å². The fourth-order valence-electron chi connectivity index (χ4n) is 3.67. The molecule has 1 aliphatic heterocycles. The third kappa shape index (κ3) is 5.28. The highest BCUT2D eigenvalue weighted by atomic mass is 32.1. The largest absolute Gasteiger partial charge is 0.371 e. The van der Waals surface area contributed by atoms with Crippen molar-refractivity contribution < 1.29 is 9.59 Å². The van der Waals surface area contributed by atoms with Crippen molar-refractivity contribution in [2.24, 2.45) is 0 Å². The molecule has 0 radical (unpaired) electrons. The predicted octanol–water partition coefficient (Wildman–Crippen LogP) is 3.74. The van der Waals surface area contributed by atoms with Crippen molar-refractivity contribution in [2.45, 2.75) is 38.6 Å². The molecule has 166 valence electrons. The lowest BCUT2D eigenvalue weighted by atomic mass is 10.1. The van der Waals surface area contributed by atoms with E-state index < -0.39 is 6.04 Å². The Hall–Kier alpha value is -3.33. The molecule has 4 rings (SSSR count). The van der Waals surface area contributed by atoms with Gasteiger partial charge in [-0.25, -0.2) is 15.0 Å². The number of amides is 2. The number of rotatable bonds is 8. The maximum absolute atomic E-state index is 13.0. The van der Waals surface area contributed by atoms with E-state index >= 15 is 0 Å². The van der Waals surface area contributed by atoms with Gasteiger partial charge in [-0.05, 0) is 43.5 Å². The minimum absolute atomic E-state index is 0.236. The summed E-state index contributed by atoms with van der Waals surface area (Å²) in [7, 11) is 0. The Kier molecular flexibility index (Phi) is 7.06. The molecular formula is C23H26N6O2S. The second kappa shape index (κ2) is 10.3. The molecule has 2 amide bonds. The van der Waals surface area contributed by atoms with Crippen LogP contribution in [0.3, 0.4) is 0 Å². The van der Waals surface area contributed by atoms with E-state index in [0.29, 0.717) is 17.3 Å². The first-order chi connectivity index (χ1) is 15.6. The second-order valence-electron chi connectivity index (χ2n) is 7.66. The first-order valence-corrected chi connectivity index (χ1v) is 11.7. The molecule has 0 bridgehead atoms. The molecule has 2 N–H and O–H groups in total. The van der Waals surface area contributed by atoms with Crippen LogP contribution in [0.15, 0.2) is 48.1 Å². The van der Waals surface area contributed by atoms with Crippen molar-refractivity contribution in [3.63, 3.8) is 0 Å². The number of carbonyl (C=O) groups is 2. The third-order valence-electron chi connectivity index (χ3n) is 5.28. The van der Waals surface area contributed by atoms with Gasteiger partial charge in [-0.15, -0.1) is 11.3 Å². The average molecular weight is 451 g/mol. The van der Waals surface area contributed by atoms with Crippen molar-refractivity contribution in [1.29, 1.82) is 0 Å². The molecule has 1 fully saturated rings. The van der Waals surface area contributed by atoms with Gasteiger partial charge in [-0.3, -0.25) is 9.59 Å². The van der Waals surface area contributed by atoms with Gasteiger partial charge in [0.25, 0.3) is 5.91 Å². The highest BCUT2D eigenvalue weighted by molar-refractivity contribution is 7.13. The van der Waals surface area contributed by atoms with Crippen LogP contribution >= 0.6 is 11.3 Å². The van der Waals surface area contributed by atoms with Crippen molar-refractivity contribution in [3.8, 4) is 10.8 Å². The van der Waals surface area contributed by atoms with Crippen LogP contribution in [0.1, 0.15) is 43.1 Å². The van der Waals surface area contributed by atoms with Gasteiger partial charge < -0.3 is 15.5 Å². The number of thiazole rings is 1. The number of hydrogen-bond acceptors (Lipinski definition) is 7. The monoisotopic (exact) mass is 450 g/mol. The van der Waals surface area contributed by atoms with E-state index in [1.54, 1.807) is 23.8 Å². The lowest BCUT2D eigenvalue weighted by molar-refractivity contribution is -0.118. The zero-order valence-electron chi connectivity index (χ0n) is 18.0. The minimum atomic E-state index is -0.652. The molecule has 1 aromatic carbocycles. The zero-order chi connectivity index (χ0) is 22.3. The van der Waals surface area contributed by atoms with Gasteiger partial charge in [0.05, 0.1) is 0 Å². The normalized spacial score (nSPS) is 14.2. The summed E-state index contributed by atoms with van der Waals surface area (Å²) >= 11 is 1.29. The summed E-state index contributed by atoms with van der Waals surface area (Å²) in [5, 5.41) is 8.01. The smallest absolute Gasteiger partial charge is 0.271 e. The van der Waals surface area contributed by atoms with Gasteiger partial charge in [0.2, 0.25) is 5.91 Å². The maximum Gasteiger partial charge on any atom is 0.271 e. The summed E-state index contributed by atoms with van der Waals surface area (Å²) in [4.78, 5) is 40.7. The molecule has 8 nitrogen and oxygen atoms in total. The van der Waals surface area contributed by atoms with E-state index in [4.69, 9.17) is 0 Å². The second-order valence-corrected chi connectivity index (χ2v) is 8.52. The molecule has 3 aromatic rings. The molecule has 0 spiro atoms. The molecule has 32 heavy (non-hydrogen) atoms.